The lowest BCUT2D eigenvalue weighted by Crippen LogP contribution is -1.99. The van der Waals surface area contributed by atoms with Crippen molar-refractivity contribution in [3.8, 4) is 0 Å². The number of rotatable bonds is 2. The molecule has 3 aromatic rings. The Morgan fingerprint density at radius 3 is 2.24 bits per heavy atom. The summed E-state index contributed by atoms with van der Waals surface area (Å²) in [5, 5.41) is 0.456. The van der Waals surface area contributed by atoms with Crippen LogP contribution in [0.5, 0.6) is 0 Å². The van der Waals surface area contributed by atoms with Crippen LogP contribution in [0.15, 0.2) is 39.6 Å². The number of halogens is 4. The first-order valence-corrected chi connectivity index (χ1v) is 7.95. The lowest BCUT2D eigenvalue weighted by atomic mass is 10.0. The predicted molar refractivity (Wildman–Crippen MR) is 90.8 cm³/mol. The first kappa shape index (κ1) is 15.0. The molecule has 0 saturated heterocycles. The Morgan fingerprint density at radius 2 is 1.62 bits per heavy atom. The van der Waals surface area contributed by atoms with Gasteiger partial charge in [0.2, 0.25) is 0 Å². The van der Waals surface area contributed by atoms with Gasteiger partial charge in [0.05, 0.1) is 16.4 Å². The molecule has 0 aliphatic heterocycles. The average molecular weight is 406 g/mol. The molecule has 3 nitrogen and oxygen atoms in total. The first-order chi connectivity index (χ1) is 9.97. The second-order valence-corrected chi connectivity index (χ2v) is 6.60. The van der Waals surface area contributed by atoms with Crippen molar-refractivity contribution in [1.29, 1.82) is 0 Å². The fraction of sp³-hybridized carbons (Fsp3) is 0.0714. The van der Waals surface area contributed by atoms with E-state index in [0.29, 0.717) is 26.6 Å². The summed E-state index contributed by atoms with van der Waals surface area (Å²) >= 11 is 22.4. The van der Waals surface area contributed by atoms with Gasteiger partial charge in [-0.15, -0.1) is 11.6 Å². The molecule has 0 fully saturated rings. The number of nitrogens with one attached hydrogen (secondary N) is 2. The minimum Gasteiger partial charge on any atom is -0.306 e. The van der Waals surface area contributed by atoms with Crippen LogP contribution in [0.4, 0.5) is 0 Å². The van der Waals surface area contributed by atoms with Gasteiger partial charge in [-0.05, 0) is 29.8 Å². The number of hydrogen-bond donors (Lipinski definition) is 2. The smallest absolute Gasteiger partial charge is 0.306 e. The second kappa shape index (κ2) is 5.69. The normalized spacial score (nSPS) is 12.8. The van der Waals surface area contributed by atoms with Gasteiger partial charge in [-0.2, -0.15) is 0 Å². The number of aromatic nitrogens is 2. The number of alkyl halides is 1. The van der Waals surface area contributed by atoms with Crippen molar-refractivity contribution < 1.29 is 0 Å². The van der Waals surface area contributed by atoms with E-state index in [4.69, 9.17) is 34.8 Å². The molecule has 0 spiro atoms. The van der Waals surface area contributed by atoms with Gasteiger partial charge in [0.1, 0.15) is 0 Å². The molecule has 3 rings (SSSR count). The number of benzene rings is 2. The Bertz CT molecular complexity index is 867. The zero-order valence-corrected chi connectivity index (χ0v) is 14.2. The molecule has 1 unspecified atom stereocenters. The van der Waals surface area contributed by atoms with E-state index >= 15 is 0 Å². The first-order valence-electron chi connectivity index (χ1n) is 5.97. The Kier molecular flexibility index (Phi) is 4.06. The summed E-state index contributed by atoms with van der Waals surface area (Å²) in [4.78, 5) is 16.8. The van der Waals surface area contributed by atoms with Gasteiger partial charge in [-0.1, -0.05) is 45.2 Å². The van der Waals surface area contributed by atoms with Gasteiger partial charge in [-0.3, -0.25) is 0 Å². The Balaban J connectivity index is 2.19. The average Bonchev–Trinajstić information content (AvgIpc) is 2.76. The fourth-order valence-corrected chi connectivity index (χ4v) is 4.02. The van der Waals surface area contributed by atoms with Gasteiger partial charge in [0.25, 0.3) is 0 Å². The highest BCUT2D eigenvalue weighted by molar-refractivity contribution is 9.10. The highest BCUT2D eigenvalue weighted by Crippen LogP contribution is 2.41. The van der Waals surface area contributed by atoms with Crippen LogP contribution in [-0.2, 0) is 0 Å². The van der Waals surface area contributed by atoms with Crippen molar-refractivity contribution in [2.24, 2.45) is 0 Å². The molecule has 2 aromatic carbocycles. The molecule has 0 aliphatic carbocycles. The predicted octanol–water partition coefficient (Wildman–Crippen LogP) is 5.25. The number of imidazole rings is 1. The summed E-state index contributed by atoms with van der Waals surface area (Å²) in [6.07, 6.45) is 0. The van der Waals surface area contributed by atoms with Crippen LogP contribution in [0.2, 0.25) is 10.0 Å². The molecule has 1 atom stereocenters. The van der Waals surface area contributed by atoms with E-state index in [2.05, 4.69) is 25.9 Å². The minimum absolute atomic E-state index is 0.268. The molecule has 2 N–H and O–H groups in total. The summed E-state index contributed by atoms with van der Waals surface area (Å²) in [6.45, 7) is 0. The number of hydrogen-bond acceptors (Lipinski definition) is 1. The molecule has 21 heavy (non-hydrogen) atoms. The molecule has 7 heteroatoms. The van der Waals surface area contributed by atoms with E-state index in [9.17, 15) is 4.79 Å². The summed E-state index contributed by atoms with van der Waals surface area (Å²) in [5.41, 5.74) is 2.52. The topological polar surface area (TPSA) is 48.6 Å². The summed E-state index contributed by atoms with van der Waals surface area (Å²) in [5.74, 6) is 0. The van der Waals surface area contributed by atoms with Gasteiger partial charge >= 0.3 is 5.69 Å². The Labute approximate surface area is 143 Å². The van der Waals surface area contributed by atoms with Crippen molar-refractivity contribution in [2.75, 3.05) is 0 Å². The SMILES string of the molecule is O=c1[nH]c2cc(Br)c(C(Cl)c3c(Cl)cccc3Cl)cc2[nH]1. The molecular formula is C14H8BrCl3N2O. The zero-order chi connectivity index (χ0) is 15.1. The monoisotopic (exact) mass is 404 g/mol. The summed E-state index contributed by atoms with van der Waals surface area (Å²) in [6, 6.07) is 8.84. The van der Waals surface area contributed by atoms with Crippen LogP contribution in [0.3, 0.4) is 0 Å². The highest BCUT2D eigenvalue weighted by atomic mass is 79.9. The third-order valence-electron chi connectivity index (χ3n) is 3.16. The van der Waals surface area contributed by atoms with Crippen LogP contribution >= 0.6 is 50.7 Å². The van der Waals surface area contributed by atoms with Crippen molar-refractivity contribution in [1.82, 2.24) is 9.97 Å². The van der Waals surface area contributed by atoms with Crippen molar-refractivity contribution >= 4 is 61.8 Å². The Morgan fingerprint density at radius 1 is 1.05 bits per heavy atom. The molecule has 1 aromatic heterocycles. The molecule has 0 bridgehead atoms. The van der Waals surface area contributed by atoms with Crippen LogP contribution in [0, 0.1) is 0 Å². The number of fused-ring (bicyclic) bond motifs is 1. The van der Waals surface area contributed by atoms with Gasteiger partial charge < -0.3 is 9.97 Å². The molecule has 108 valence electrons. The lowest BCUT2D eigenvalue weighted by molar-refractivity contribution is 1.13. The van der Waals surface area contributed by atoms with Crippen LogP contribution in [0.25, 0.3) is 11.0 Å². The third kappa shape index (κ3) is 2.73. The van der Waals surface area contributed by atoms with Crippen LogP contribution < -0.4 is 5.69 Å². The molecule has 0 aliphatic rings. The zero-order valence-electron chi connectivity index (χ0n) is 10.4. The molecule has 1 heterocycles. The molecule has 0 saturated carbocycles. The van der Waals surface area contributed by atoms with E-state index < -0.39 is 5.38 Å². The maximum absolute atomic E-state index is 11.4. The molecule has 0 radical (unpaired) electrons. The van der Waals surface area contributed by atoms with Gasteiger partial charge in [0.15, 0.2) is 0 Å². The van der Waals surface area contributed by atoms with Crippen LogP contribution in [-0.4, -0.2) is 9.97 Å². The molecule has 0 amide bonds. The lowest BCUT2D eigenvalue weighted by Gasteiger charge is -2.15. The number of H-pyrrole nitrogens is 2. The van der Waals surface area contributed by atoms with E-state index in [-0.39, 0.29) is 5.69 Å². The fourth-order valence-electron chi connectivity index (χ4n) is 2.18. The van der Waals surface area contributed by atoms with E-state index in [1.807, 2.05) is 0 Å². The van der Waals surface area contributed by atoms with Gasteiger partial charge in [0, 0.05) is 20.1 Å². The minimum atomic E-state index is -0.539. The largest absolute Gasteiger partial charge is 0.323 e. The van der Waals surface area contributed by atoms with Gasteiger partial charge in [-0.25, -0.2) is 4.79 Å². The maximum atomic E-state index is 11.4. The maximum Gasteiger partial charge on any atom is 0.323 e. The van der Waals surface area contributed by atoms with Crippen molar-refractivity contribution in [3.63, 3.8) is 0 Å². The van der Waals surface area contributed by atoms with E-state index in [1.54, 1.807) is 30.3 Å². The summed E-state index contributed by atoms with van der Waals surface area (Å²) in [7, 11) is 0. The highest BCUT2D eigenvalue weighted by Gasteiger charge is 2.20. The standard InChI is InChI=1S/C14H8BrCl3N2O/c15-7-5-11-10(19-14(21)20-11)4-6(7)13(18)12-8(16)2-1-3-9(12)17/h1-5,13H,(H2,19,20,21). The van der Waals surface area contributed by atoms with Crippen molar-refractivity contribution in [2.45, 2.75) is 5.38 Å². The van der Waals surface area contributed by atoms with Crippen molar-refractivity contribution in [3.05, 3.63) is 66.5 Å². The van der Waals surface area contributed by atoms with Crippen LogP contribution in [0.1, 0.15) is 16.5 Å². The third-order valence-corrected chi connectivity index (χ3v) is 4.96. The molecular weight excluding hydrogens is 398 g/mol. The van der Waals surface area contributed by atoms with E-state index in [1.165, 1.54) is 0 Å². The quantitative estimate of drug-likeness (QED) is 0.561. The summed E-state index contributed by atoms with van der Waals surface area (Å²) < 4.78 is 0.765. The second-order valence-electron chi connectivity index (χ2n) is 4.50. The van der Waals surface area contributed by atoms with E-state index in [0.717, 1.165) is 10.0 Å². The number of aromatic amines is 2. The Hall–Kier alpha value is -0.940.